The third kappa shape index (κ3) is 12.3. The fourth-order valence-corrected chi connectivity index (χ4v) is 3.75. The molecule has 0 unspecified atom stereocenters. The van der Waals surface area contributed by atoms with E-state index in [2.05, 4.69) is 24.1 Å². The van der Waals surface area contributed by atoms with Crippen LogP contribution in [0.15, 0.2) is 41.7 Å². The molecule has 0 aliphatic carbocycles. The predicted octanol–water partition coefficient (Wildman–Crippen LogP) is 5.15. The van der Waals surface area contributed by atoms with E-state index in [1.807, 2.05) is 12.1 Å². The highest BCUT2D eigenvalue weighted by atomic mass is 32.2. The van der Waals surface area contributed by atoms with Crippen LogP contribution in [0, 0.1) is 0 Å². The first-order valence-corrected chi connectivity index (χ1v) is 13.3. The highest BCUT2D eigenvalue weighted by Crippen LogP contribution is 2.19. The molecule has 212 valence electrons. The summed E-state index contributed by atoms with van der Waals surface area (Å²) >= 11 is 0.734. The van der Waals surface area contributed by atoms with Crippen LogP contribution in [0.1, 0.15) is 57.4 Å². The van der Waals surface area contributed by atoms with Gasteiger partial charge in [0.2, 0.25) is 0 Å². The minimum atomic E-state index is -0.932. The van der Waals surface area contributed by atoms with E-state index in [1.165, 1.54) is 84.3 Å². The number of carbonyl (C=O) groups is 3. The molecule has 0 radical (unpaired) electrons. The largest absolute Gasteiger partial charge is 0.447 e. The van der Waals surface area contributed by atoms with Gasteiger partial charge in [-0.25, -0.2) is 18.2 Å². The maximum absolute atomic E-state index is 12.5. The number of nitrogens with one attached hydrogen (secondary N) is 1. The fraction of sp³-hybridized carbons (Fsp3) is 0.538. The first-order chi connectivity index (χ1) is 18.1. The van der Waals surface area contributed by atoms with Crippen LogP contribution in [0.2, 0.25) is 0 Å². The summed E-state index contributed by atoms with van der Waals surface area (Å²) < 4.78 is 7.52. The van der Waals surface area contributed by atoms with Crippen molar-refractivity contribution in [1.82, 2.24) is 19.0 Å². The van der Waals surface area contributed by atoms with E-state index in [4.69, 9.17) is 14.4 Å². The van der Waals surface area contributed by atoms with Crippen LogP contribution in [0.5, 0.6) is 5.75 Å². The molecule has 11 nitrogen and oxygen atoms in total. The average Bonchev–Trinajstić information content (AvgIpc) is 2.88. The number of benzene rings is 1. The van der Waals surface area contributed by atoms with Crippen LogP contribution >= 0.6 is 12.1 Å². The summed E-state index contributed by atoms with van der Waals surface area (Å²) in [6.07, 6.45) is 8.19. The molecule has 0 aliphatic rings. The van der Waals surface area contributed by atoms with Gasteiger partial charge in [0.15, 0.2) is 5.71 Å². The summed E-state index contributed by atoms with van der Waals surface area (Å²) in [5.41, 5.74) is 3.32. The Morgan fingerprint density at radius 3 is 2.08 bits per heavy atom. The van der Waals surface area contributed by atoms with Crippen LogP contribution in [0.4, 0.5) is 9.59 Å². The Bertz CT molecular complexity index is 939. The summed E-state index contributed by atoms with van der Waals surface area (Å²) in [5.74, 6) is -0.159. The number of amides is 3. The number of nitrogens with zero attached hydrogens (tertiary/aromatic N) is 4. The second-order valence-electron chi connectivity index (χ2n) is 8.74. The van der Waals surface area contributed by atoms with Crippen LogP contribution < -0.4 is 10.2 Å². The summed E-state index contributed by atoms with van der Waals surface area (Å²) in [6, 6.07) is 7.41. The lowest BCUT2D eigenvalue weighted by Crippen LogP contribution is -2.35. The second kappa shape index (κ2) is 18.1. The number of hydrogen-bond donors (Lipinski definition) is 1. The monoisotopic (exact) mass is 551 g/mol. The Morgan fingerprint density at radius 1 is 0.921 bits per heavy atom. The van der Waals surface area contributed by atoms with E-state index in [9.17, 15) is 14.4 Å². The van der Waals surface area contributed by atoms with E-state index in [0.29, 0.717) is 5.75 Å². The third-order valence-corrected chi connectivity index (χ3v) is 6.08. The van der Waals surface area contributed by atoms with Gasteiger partial charge in [-0.3, -0.25) is 19.9 Å². The van der Waals surface area contributed by atoms with E-state index in [0.717, 1.165) is 33.6 Å². The van der Waals surface area contributed by atoms with Crippen molar-refractivity contribution in [2.45, 2.75) is 58.3 Å². The van der Waals surface area contributed by atoms with Gasteiger partial charge < -0.3 is 9.64 Å². The molecule has 0 aromatic heterocycles. The zero-order chi connectivity index (χ0) is 28.5. The molecular formula is C26H41N5O6S. The maximum atomic E-state index is 12.5. The number of unbranched alkanes of at least 4 members (excludes halogenated alkanes) is 6. The lowest BCUT2D eigenvalue weighted by Gasteiger charge is -2.20. The van der Waals surface area contributed by atoms with Crippen LogP contribution in [0.3, 0.4) is 0 Å². The molecule has 0 saturated heterocycles. The van der Waals surface area contributed by atoms with Gasteiger partial charge in [-0.15, -0.1) is 0 Å². The molecule has 1 aromatic rings. The molecule has 0 bridgehead atoms. The van der Waals surface area contributed by atoms with E-state index in [-0.39, 0.29) is 11.4 Å². The summed E-state index contributed by atoms with van der Waals surface area (Å²) in [4.78, 5) is 47.9. The molecule has 0 atom stereocenters. The molecular weight excluding hydrogens is 510 g/mol. The zero-order valence-corrected chi connectivity index (χ0v) is 24.1. The normalized spacial score (nSPS) is 10.9. The van der Waals surface area contributed by atoms with Crippen molar-refractivity contribution in [1.29, 1.82) is 0 Å². The van der Waals surface area contributed by atoms with Gasteiger partial charge in [0.25, 0.3) is 5.91 Å². The standard InChI is InChI=1S/C26H41N5O6S/c1-8-9-10-11-12-13-14-15-21-16-18-22(19-17-21)36-25(33)30(5)38-31(6)26(34)37-28-23(20(2)27-35-7)24(32)29(3)4/h16-19,27H,2,8-15H2,1,3-7H3. The zero-order valence-electron chi connectivity index (χ0n) is 23.3. The summed E-state index contributed by atoms with van der Waals surface area (Å²) in [5, 5.41) is 3.60. The van der Waals surface area contributed by atoms with Gasteiger partial charge in [-0.1, -0.05) is 69.3 Å². The van der Waals surface area contributed by atoms with E-state index in [1.54, 1.807) is 12.1 Å². The smallest absolute Gasteiger partial charge is 0.410 e. The van der Waals surface area contributed by atoms with Crippen molar-refractivity contribution in [2.75, 3.05) is 35.3 Å². The lowest BCUT2D eigenvalue weighted by molar-refractivity contribution is -0.121. The molecule has 3 amide bonds. The quantitative estimate of drug-likeness (QED) is 0.0987. The van der Waals surface area contributed by atoms with Gasteiger partial charge in [0.1, 0.15) is 5.75 Å². The van der Waals surface area contributed by atoms with Crippen LogP contribution in [0.25, 0.3) is 0 Å². The third-order valence-electron chi connectivity index (χ3n) is 5.29. The van der Waals surface area contributed by atoms with Crippen molar-refractivity contribution in [3.63, 3.8) is 0 Å². The topological polar surface area (TPSA) is 113 Å². The van der Waals surface area contributed by atoms with Crippen molar-refractivity contribution in [2.24, 2.45) is 5.16 Å². The van der Waals surface area contributed by atoms with Crippen molar-refractivity contribution < 1.29 is 28.8 Å². The number of oxime groups is 1. The number of rotatable bonds is 16. The van der Waals surface area contributed by atoms with Gasteiger partial charge in [-0.05, 0) is 30.5 Å². The average molecular weight is 552 g/mol. The predicted molar refractivity (Wildman–Crippen MR) is 149 cm³/mol. The minimum Gasteiger partial charge on any atom is -0.410 e. The molecule has 1 N–H and O–H groups in total. The van der Waals surface area contributed by atoms with Gasteiger partial charge in [-0.2, -0.15) is 0 Å². The van der Waals surface area contributed by atoms with Crippen molar-refractivity contribution >= 4 is 35.9 Å². The Labute approximate surface area is 230 Å². The highest BCUT2D eigenvalue weighted by Gasteiger charge is 2.22. The molecule has 0 fully saturated rings. The second-order valence-corrected chi connectivity index (χ2v) is 10.00. The van der Waals surface area contributed by atoms with Gasteiger partial charge >= 0.3 is 12.2 Å². The number of hydroxylamine groups is 1. The number of carbonyl (C=O) groups excluding carboxylic acids is 3. The lowest BCUT2D eigenvalue weighted by atomic mass is 10.0. The van der Waals surface area contributed by atoms with Gasteiger partial charge in [0, 0.05) is 28.2 Å². The van der Waals surface area contributed by atoms with E-state index < -0.39 is 18.1 Å². The molecule has 0 heterocycles. The Balaban J connectivity index is 2.54. The summed E-state index contributed by atoms with van der Waals surface area (Å²) in [7, 11) is 7.17. The molecule has 0 saturated carbocycles. The first-order valence-electron chi connectivity index (χ1n) is 12.6. The maximum Gasteiger partial charge on any atom is 0.447 e. The molecule has 0 spiro atoms. The van der Waals surface area contributed by atoms with Crippen molar-refractivity contribution in [3.8, 4) is 5.75 Å². The molecule has 1 rings (SSSR count). The van der Waals surface area contributed by atoms with Gasteiger partial charge in [0.05, 0.1) is 24.9 Å². The SMILES string of the molecule is C=C(NOC)C(=NOC(=O)N(C)SN(C)C(=O)Oc1ccc(CCCCCCCCC)cc1)C(=O)N(C)C. The van der Waals surface area contributed by atoms with Crippen LogP contribution in [-0.4, -0.2) is 72.6 Å². The van der Waals surface area contributed by atoms with E-state index >= 15 is 0 Å². The van der Waals surface area contributed by atoms with Crippen molar-refractivity contribution in [3.05, 3.63) is 42.1 Å². The molecule has 38 heavy (non-hydrogen) atoms. The Kier molecular flexibility index (Phi) is 15.6. The first kappa shape index (κ1) is 32.8. The molecule has 12 heteroatoms. The minimum absolute atomic E-state index is 0.00318. The number of ether oxygens (including phenoxy) is 1. The fourth-order valence-electron chi connectivity index (χ4n) is 3.17. The Hall–Kier alpha value is -3.25. The number of hydrogen-bond acceptors (Lipinski definition) is 9. The summed E-state index contributed by atoms with van der Waals surface area (Å²) in [6.45, 7) is 5.85. The molecule has 1 aromatic carbocycles. The molecule has 0 aliphatic heterocycles. The Morgan fingerprint density at radius 2 is 1.50 bits per heavy atom. The van der Waals surface area contributed by atoms with Crippen LogP contribution in [-0.2, 0) is 20.9 Å². The highest BCUT2D eigenvalue weighted by molar-refractivity contribution is 7.95. The number of aryl methyl sites for hydroxylation is 1.